The molecular weight excluding hydrogens is 278 g/mol. The van der Waals surface area contributed by atoms with E-state index in [4.69, 9.17) is 15.2 Å². The van der Waals surface area contributed by atoms with E-state index in [1.165, 1.54) is 7.11 Å². The van der Waals surface area contributed by atoms with E-state index in [1.807, 2.05) is 19.9 Å². The van der Waals surface area contributed by atoms with Crippen LogP contribution in [0.5, 0.6) is 11.5 Å². The highest BCUT2D eigenvalue weighted by Gasteiger charge is 2.25. The Kier molecular flexibility index (Phi) is 4.10. The quantitative estimate of drug-likeness (QED) is 0.938. The van der Waals surface area contributed by atoms with Gasteiger partial charge in [0, 0.05) is 16.7 Å². The number of nitrogens with zero attached hydrogens (tertiary/aromatic N) is 2. The Hall–Kier alpha value is -2.92. The molecule has 2 rings (SSSR count). The van der Waals surface area contributed by atoms with Crippen LogP contribution in [0.2, 0.25) is 0 Å². The van der Waals surface area contributed by atoms with Crippen molar-refractivity contribution in [1.82, 2.24) is 0 Å². The van der Waals surface area contributed by atoms with Crippen LogP contribution < -0.4 is 15.2 Å². The van der Waals surface area contributed by atoms with Gasteiger partial charge in [-0.1, -0.05) is 13.8 Å². The number of ether oxygens (including phenoxy) is 2. The Morgan fingerprint density at radius 2 is 1.55 bits per heavy atom. The monoisotopic (exact) mass is 295 g/mol. The lowest BCUT2D eigenvalue weighted by Crippen LogP contribution is -1.95. The normalized spacial score (nSPS) is 10.3. The first-order valence-corrected chi connectivity index (χ1v) is 6.81. The summed E-state index contributed by atoms with van der Waals surface area (Å²) < 4.78 is 10.9. The summed E-state index contributed by atoms with van der Waals surface area (Å²) in [5.74, 6) is 1.25. The fraction of sp³-hybridized carbons (Fsp3) is 0.294. The standard InChI is InChI=1S/C17H17N3O2/c1-9(2)10-5-11-12(6-15(21-3)17(10)22-4)14(8-19)16(20)13(11)7-18/h5-6,9H,20H2,1-4H3. The fourth-order valence-corrected chi connectivity index (χ4v) is 2.58. The summed E-state index contributed by atoms with van der Waals surface area (Å²) in [6, 6.07) is 7.72. The molecule has 0 heterocycles. The van der Waals surface area contributed by atoms with Gasteiger partial charge in [-0.25, -0.2) is 0 Å². The van der Waals surface area contributed by atoms with Crippen LogP contribution in [0.25, 0.3) is 11.1 Å². The SMILES string of the molecule is COc1cc2c(C#N)c(N)c(C#N)c-2cc(C(C)C)c1OC. The minimum absolute atomic E-state index is 0.146. The zero-order valence-electron chi connectivity index (χ0n) is 13.0. The number of anilines is 1. The molecule has 5 nitrogen and oxygen atoms in total. The van der Waals surface area contributed by atoms with Crippen molar-refractivity contribution in [2.45, 2.75) is 19.8 Å². The highest BCUT2D eigenvalue weighted by Crippen LogP contribution is 2.45. The molecule has 112 valence electrons. The Morgan fingerprint density at radius 1 is 1.00 bits per heavy atom. The van der Waals surface area contributed by atoms with Crippen molar-refractivity contribution >= 4 is 5.69 Å². The van der Waals surface area contributed by atoms with Crippen LogP contribution in [0.3, 0.4) is 0 Å². The van der Waals surface area contributed by atoms with Crippen LogP contribution >= 0.6 is 0 Å². The second-order valence-electron chi connectivity index (χ2n) is 5.21. The van der Waals surface area contributed by atoms with Gasteiger partial charge in [-0.2, -0.15) is 10.5 Å². The van der Waals surface area contributed by atoms with E-state index >= 15 is 0 Å². The van der Waals surface area contributed by atoms with Gasteiger partial charge in [-0.3, -0.25) is 0 Å². The molecule has 0 aliphatic heterocycles. The lowest BCUT2D eigenvalue weighted by Gasteiger charge is -2.11. The summed E-state index contributed by atoms with van der Waals surface area (Å²) in [7, 11) is 3.11. The second-order valence-corrected chi connectivity index (χ2v) is 5.21. The first-order chi connectivity index (χ1) is 10.5. The van der Waals surface area contributed by atoms with Gasteiger partial charge in [0.1, 0.15) is 12.1 Å². The highest BCUT2D eigenvalue weighted by molar-refractivity contribution is 5.91. The van der Waals surface area contributed by atoms with Gasteiger partial charge >= 0.3 is 0 Å². The Balaban J connectivity index is 3.03. The Bertz CT molecular complexity index is 782. The van der Waals surface area contributed by atoms with Crippen LogP contribution in [0.1, 0.15) is 36.5 Å². The topological polar surface area (TPSA) is 92.1 Å². The van der Waals surface area contributed by atoms with Gasteiger partial charge in [0.2, 0.25) is 0 Å². The molecule has 2 aliphatic rings. The van der Waals surface area contributed by atoms with Gasteiger partial charge in [0.05, 0.1) is 31.0 Å². The predicted octanol–water partition coefficient (Wildman–Crippen LogP) is 3.26. The van der Waals surface area contributed by atoms with Crippen molar-refractivity contribution < 1.29 is 9.47 Å². The molecule has 2 N–H and O–H groups in total. The highest BCUT2D eigenvalue weighted by atomic mass is 16.5. The van der Waals surface area contributed by atoms with Crippen LogP contribution in [0, 0.1) is 22.7 Å². The Labute approximate surface area is 129 Å². The third kappa shape index (κ3) is 2.17. The maximum Gasteiger partial charge on any atom is 0.164 e. The molecule has 0 saturated carbocycles. The van der Waals surface area contributed by atoms with Crippen molar-refractivity contribution in [3.8, 4) is 34.8 Å². The van der Waals surface area contributed by atoms with Crippen molar-refractivity contribution in [3.63, 3.8) is 0 Å². The van der Waals surface area contributed by atoms with Crippen molar-refractivity contribution in [1.29, 1.82) is 10.5 Å². The van der Waals surface area contributed by atoms with E-state index in [0.29, 0.717) is 28.2 Å². The average Bonchev–Trinajstić information content (AvgIpc) is 2.65. The molecule has 22 heavy (non-hydrogen) atoms. The van der Waals surface area contributed by atoms with Crippen molar-refractivity contribution in [2.75, 3.05) is 20.0 Å². The van der Waals surface area contributed by atoms with E-state index < -0.39 is 0 Å². The minimum atomic E-state index is 0.146. The van der Waals surface area contributed by atoms with E-state index in [-0.39, 0.29) is 17.2 Å². The van der Waals surface area contributed by atoms with E-state index in [0.717, 1.165) is 5.56 Å². The molecule has 0 atom stereocenters. The van der Waals surface area contributed by atoms with Gasteiger partial charge in [-0.05, 0) is 18.1 Å². The predicted molar refractivity (Wildman–Crippen MR) is 84.1 cm³/mol. The van der Waals surface area contributed by atoms with Crippen molar-refractivity contribution in [3.05, 3.63) is 28.8 Å². The number of nitriles is 2. The maximum absolute atomic E-state index is 9.39. The molecule has 2 aliphatic carbocycles. The molecule has 0 radical (unpaired) electrons. The molecule has 0 aromatic rings. The number of nitrogens with two attached hydrogens (primary N) is 1. The second kappa shape index (κ2) is 5.83. The summed E-state index contributed by atoms with van der Waals surface area (Å²) >= 11 is 0. The van der Waals surface area contributed by atoms with Crippen LogP contribution in [0.15, 0.2) is 12.1 Å². The lowest BCUT2D eigenvalue weighted by molar-refractivity contribution is 0.351. The molecule has 0 fully saturated rings. The molecule has 0 saturated heterocycles. The first kappa shape index (κ1) is 15.5. The number of methoxy groups -OCH3 is 2. The lowest BCUT2D eigenvalue weighted by atomic mass is 10.0. The molecule has 0 aromatic carbocycles. The summed E-state index contributed by atoms with van der Waals surface area (Å²) in [5.41, 5.74) is 8.89. The maximum atomic E-state index is 9.39. The number of hydrogen-bond acceptors (Lipinski definition) is 5. The third-order valence-corrected chi connectivity index (χ3v) is 3.70. The van der Waals surface area contributed by atoms with Gasteiger partial charge in [-0.15, -0.1) is 0 Å². The minimum Gasteiger partial charge on any atom is -0.493 e. The number of nitrogen functional groups attached to an aromatic ring is 1. The summed E-state index contributed by atoms with van der Waals surface area (Å²) in [4.78, 5) is 0. The average molecular weight is 295 g/mol. The number of rotatable bonds is 3. The molecule has 0 amide bonds. The fourth-order valence-electron chi connectivity index (χ4n) is 2.58. The summed E-state index contributed by atoms with van der Waals surface area (Å²) in [6.07, 6.45) is 0. The van der Waals surface area contributed by atoms with E-state index in [1.54, 1.807) is 13.2 Å². The van der Waals surface area contributed by atoms with E-state index in [9.17, 15) is 10.5 Å². The zero-order valence-corrected chi connectivity index (χ0v) is 13.0. The largest absolute Gasteiger partial charge is 0.493 e. The zero-order chi connectivity index (χ0) is 16.4. The first-order valence-electron chi connectivity index (χ1n) is 6.81. The van der Waals surface area contributed by atoms with Crippen LogP contribution in [-0.4, -0.2) is 14.2 Å². The van der Waals surface area contributed by atoms with Gasteiger partial charge in [0.25, 0.3) is 0 Å². The molecule has 5 heteroatoms. The molecular formula is C17H17N3O2. The molecule has 0 spiro atoms. The van der Waals surface area contributed by atoms with Gasteiger partial charge in [0.15, 0.2) is 11.5 Å². The molecule has 0 aromatic heterocycles. The summed E-state index contributed by atoms with van der Waals surface area (Å²) in [6.45, 7) is 4.04. The van der Waals surface area contributed by atoms with Gasteiger partial charge < -0.3 is 15.2 Å². The van der Waals surface area contributed by atoms with Crippen molar-refractivity contribution in [2.24, 2.45) is 0 Å². The van der Waals surface area contributed by atoms with Crippen LogP contribution in [0.4, 0.5) is 5.69 Å². The number of hydrogen-bond donors (Lipinski definition) is 1. The van der Waals surface area contributed by atoms with E-state index in [2.05, 4.69) is 12.1 Å². The summed E-state index contributed by atoms with van der Waals surface area (Å²) in [5, 5.41) is 18.8. The number of fused-ring (bicyclic) bond motifs is 1. The third-order valence-electron chi connectivity index (χ3n) is 3.70. The molecule has 0 bridgehead atoms. The van der Waals surface area contributed by atoms with Crippen LogP contribution in [-0.2, 0) is 0 Å². The molecule has 0 unspecified atom stereocenters. The smallest absolute Gasteiger partial charge is 0.164 e. The Morgan fingerprint density at radius 3 is 1.95 bits per heavy atom.